The fraction of sp³-hybridized carbons (Fsp3) is 0.571. The first-order chi connectivity index (χ1) is 5.59. The fourth-order valence-corrected chi connectivity index (χ4v) is 0.848. The molecule has 0 aromatic carbocycles. The van der Waals surface area contributed by atoms with Crippen LogP contribution in [-0.4, -0.2) is 29.5 Å². The van der Waals surface area contributed by atoms with E-state index in [1.165, 1.54) is 6.92 Å². The second-order valence-electron chi connectivity index (χ2n) is 2.67. The smallest absolute Gasteiger partial charge is 0.266 e. The zero-order chi connectivity index (χ0) is 9.14. The predicted octanol–water partition coefficient (Wildman–Crippen LogP) is 0.403. The van der Waals surface area contributed by atoms with Gasteiger partial charge in [-0.05, 0) is 12.1 Å². The zero-order valence-electron chi connectivity index (χ0n) is 7.37. The van der Waals surface area contributed by atoms with Gasteiger partial charge in [-0.25, -0.2) is 0 Å². The Kier molecular flexibility index (Phi) is 2.42. The molecule has 0 aliphatic rings. The van der Waals surface area contributed by atoms with Crippen LogP contribution in [0.15, 0.2) is 4.52 Å². The lowest BCUT2D eigenvalue weighted by molar-refractivity contribution is -0.115. The Morgan fingerprint density at radius 3 is 2.75 bits per heavy atom. The lowest BCUT2D eigenvalue weighted by Gasteiger charge is -2.10. The summed E-state index contributed by atoms with van der Waals surface area (Å²) < 4.78 is 4.75. The number of ketones is 1. The highest BCUT2D eigenvalue weighted by molar-refractivity contribution is 5.80. The van der Waals surface area contributed by atoms with E-state index < -0.39 is 0 Å². The van der Waals surface area contributed by atoms with Gasteiger partial charge in [-0.3, -0.25) is 4.79 Å². The second kappa shape index (κ2) is 3.34. The third-order valence-electron chi connectivity index (χ3n) is 1.32. The van der Waals surface area contributed by atoms with Crippen molar-refractivity contribution < 1.29 is 9.32 Å². The summed E-state index contributed by atoms with van der Waals surface area (Å²) in [6.45, 7) is 3.53. The molecule has 0 unspecified atom stereocenters. The zero-order valence-corrected chi connectivity index (χ0v) is 7.37. The van der Waals surface area contributed by atoms with Crippen LogP contribution in [0.5, 0.6) is 0 Å². The molecule has 0 saturated heterocycles. The molecule has 0 spiro atoms. The quantitative estimate of drug-likeness (QED) is 0.655. The van der Waals surface area contributed by atoms with Gasteiger partial charge in [0.05, 0.1) is 6.54 Å². The van der Waals surface area contributed by atoms with Crippen LogP contribution in [0.2, 0.25) is 0 Å². The molecule has 1 heterocycles. The average molecular weight is 169 g/mol. The second-order valence-corrected chi connectivity index (χ2v) is 2.67. The molecule has 0 N–H and O–H groups in total. The van der Waals surface area contributed by atoms with E-state index >= 15 is 0 Å². The first-order valence-electron chi connectivity index (χ1n) is 3.60. The van der Waals surface area contributed by atoms with Crippen LogP contribution in [-0.2, 0) is 4.79 Å². The molecule has 0 atom stereocenters. The summed E-state index contributed by atoms with van der Waals surface area (Å²) in [5.41, 5.74) is 0. The van der Waals surface area contributed by atoms with Crippen molar-refractivity contribution in [3.63, 3.8) is 0 Å². The number of hydrogen-bond acceptors (Lipinski definition) is 5. The Morgan fingerprint density at radius 1 is 1.67 bits per heavy atom. The molecule has 0 aliphatic carbocycles. The molecule has 12 heavy (non-hydrogen) atoms. The molecular formula is C7H11N3O2. The van der Waals surface area contributed by atoms with E-state index in [2.05, 4.69) is 10.1 Å². The normalized spacial score (nSPS) is 9.92. The first-order valence-corrected chi connectivity index (χ1v) is 3.60. The molecule has 0 bridgehead atoms. The van der Waals surface area contributed by atoms with Crippen molar-refractivity contribution >= 4 is 11.7 Å². The Hall–Kier alpha value is -1.39. The van der Waals surface area contributed by atoms with E-state index in [0.29, 0.717) is 18.4 Å². The van der Waals surface area contributed by atoms with Gasteiger partial charge in [0.2, 0.25) is 5.89 Å². The predicted molar refractivity (Wildman–Crippen MR) is 43.0 cm³/mol. The number of likely N-dealkylation sites (N-methyl/N-ethyl adjacent to an activating group) is 1. The number of Topliss-reactive ketones (excluding diaryl/α,β-unsaturated/α-hetero) is 1. The third kappa shape index (κ3) is 2.05. The number of aromatic nitrogens is 2. The first kappa shape index (κ1) is 8.70. The SMILES string of the molecule is CC(=O)CN(C)c1noc(C)n1. The van der Waals surface area contributed by atoms with E-state index in [4.69, 9.17) is 4.52 Å². The number of aryl methyl sites for hydroxylation is 1. The van der Waals surface area contributed by atoms with Crippen LogP contribution in [0.4, 0.5) is 5.95 Å². The van der Waals surface area contributed by atoms with Gasteiger partial charge >= 0.3 is 0 Å². The summed E-state index contributed by atoms with van der Waals surface area (Å²) in [5.74, 6) is 1.02. The summed E-state index contributed by atoms with van der Waals surface area (Å²) in [5, 5.41) is 3.66. The minimum Gasteiger partial charge on any atom is -0.338 e. The molecule has 5 heteroatoms. The average Bonchev–Trinajstić information content (AvgIpc) is 2.34. The number of carbonyl (C=O) groups excluding carboxylic acids is 1. The molecule has 66 valence electrons. The number of hydrogen-bond donors (Lipinski definition) is 0. The third-order valence-corrected chi connectivity index (χ3v) is 1.32. The van der Waals surface area contributed by atoms with Gasteiger partial charge in [0.15, 0.2) is 0 Å². The summed E-state index contributed by atoms with van der Waals surface area (Å²) >= 11 is 0. The minimum absolute atomic E-state index is 0.0694. The maximum atomic E-state index is 10.7. The van der Waals surface area contributed by atoms with Crippen LogP contribution in [0.1, 0.15) is 12.8 Å². The van der Waals surface area contributed by atoms with Gasteiger partial charge in [-0.2, -0.15) is 4.98 Å². The molecule has 5 nitrogen and oxygen atoms in total. The summed E-state index contributed by atoms with van der Waals surface area (Å²) in [6, 6.07) is 0. The van der Waals surface area contributed by atoms with Gasteiger partial charge in [0.25, 0.3) is 5.95 Å². The van der Waals surface area contributed by atoms with E-state index in [0.717, 1.165) is 0 Å². The topological polar surface area (TPSA) is 59.2 Å². The Bertz CT molecular complexity index is 282. The van der Waals surface area contributed by atoms with Gasteiger partial charge < -0.3 is 9.42 Å². The van der Waals surface area contributed by atoms with Crippen molar-refractivity contribution in [3.8, 4) is 0 Å². The lowest BCUT2D eigenvalue weighted by atomic mass is 10.4. The van der Waals surface area contributed by atoms with Gasteiger partial charge in [0.1, 0.15) is 5.78 Å². The van der Waals surface area contributed by atoms with E-state index in [-0.39, 0.29) is 5.78 Å². The van der Waals surface area contributed by atoms with Crippen molar-refractivity contribution in [2.24, 2.45) is 0 Å². The highest BCUT2D eigenvalue weighted by Gasteiger charge is 2.08. The van der Waals surface area contributed by atoms with Crippen LogP contribution in [0.3, 0.4) is 0 Å². The fourth-order valence-electron chi connectivity index (χ4n) is 0.848. The highest BCUT2D eigenvalue weighted by Crippen LogP contribution is 2.05. The van der Waals surface area contributed by atoms with Crippen molar-refractivity contribution in [2.45, 2.75) is 13.8 Å². The Balaban J connectivity index is 2.64. The summed E-state index contributed by atoms with van der Waals surface area (Å²) in [4.78, 5) is 16.3. The monoisotopic (exact) mass is 169 g/mol. The van der Waals surface area contributed by atoms with Gasteiger partial charge in [-0.1, -0.05) is 0 Å². The van der Waals surface area contributed by atoms with Crippen LogP contribution < -0.4 is 4.90 Å². The maximum absolute atomic E-state index is 10.7. The number of anilines is 1. The number of rotatable bonds is 3. The highest BCUT2D eigenvalue weighted by atomic mass is 16.5. The van der Waals surface area contributed by atoms with Crippen molar-refractivity contribution in [2.75, 3.05) is 18.5 Å². The van der Waals surface area contributed by atoms with E-state index in [1.54, 1.807) is 18.9 Å². The molecule has 0 fully saturated rings. The summed E-state index contributed by atoms with van der Waals surface area (Å²) in [6.07, 6.45) is 0. The van der Waals surface area contributed by atoms with Gasteiger partial charge in [-0.15, -0.1) is 0 Å². The molecule has 0 saturated carbocycles. The minimum atomic E-state index is 0.0694. The standard InChI is InChI=1S/C7H11N3O2/c1-5(11)4-10(3)7-8-6(2)12-9-7/h4H2,1-3H3. The van der Waals surface area contributed by atoms with Gasteiger partial charge in [0, 0.05) is 14.0 Å². The summed E-state index contributed by atoms with van der Waals surface area (Å²) in [7, 11) is 1.74. The van der Waals surface area contributed by atoms with Crippen molar-refractivity contribution in [3.05, 3.63) is 5.89 Å². The molecule has 0 aliphatic heterocycles. The number of carbonyl (C=O) groups is 1. The van der Waals surface area contributed by atoms with Crippen molar-refractivity contribution in [1.29, 1.82) is 0 Å². The Labute approximate surface area is 70.4 Å². The van der Waals surface area contributed by atoms with E-state index in [1.807, 2.05) is 0 Å². The molecule has 0 amide bonds. The maximum Gasteiger partial charge on any atom is 0.266 e. The lowest BCUT2D eigenvalue weighted by Crippen LogP contribution is -2.24. The number of nitrogens with zero attached hydrogens (tertiary/aromatic N) is 3. The van der Waals surface area contributed by atoms with Crippen LogP contribution in [0, 0.1) is 6.92 Å². The van der Waals surface area contributed by atoms with Crippen LogP contribution in [0.25, 0.3) is 0 Å². The Morgan fingerprint density at radius 2 is 2.33 bits per heavy atom. The molecule has 0 radical (unpaired) electrons. The molecule has 1 aromatic rings. The largest absolute Gasteiger partial charge is 0.338 e. The molecule has 1 rings (SSSR count). The van der Waals surface area contributed by atoms with E-state index in [9.17, 15) is 4.79 Å². The van der Waals surface area contributed by atoms with Crippen molar-refractivity contribution in [1.82, 2.24) is 10.1 Å². The molecular weight excluding hydrogens is 158 g/mol. The molecule has 1 aromatic heterocycles. The van der Waals surface area contributed by atoms with Crippen LogP contribution >= 0.6 is 0 Å².